The van der Waals surface area contributed by atoms with Crippen LogP contribution in [0.2, 0.25) is 0 Å². The number of aromatic carboxylic acids is 1. The molecule has 222 valence electrons. The van der Waals surface area contributed by atoms with Gasteiger partial charge in [-0.25, -0.2) is 14.4 Å². The van der Waals surface area contributed by atoms with Gasteiger partial charge in [0.2, 0.25) is 0 Å². The van der Waals surface area contributed by atoms with Gasteiger partial charge < -0.3 is 19.3 Å². The molecular weight excluding hydrogens is 532 g/mol. The highest BCUT2D eigenvalue weighted by Gasteiger charge is 2.09. The number of ether oxygens (including phenoxy) is 3. The normalized spacial score (nSPS) is 10.6. The van der Waals surface area contributed by atoms with Crippen LogP contribution in [0.3, 0.4) is 0 Å². The van der Waals surface area contributed by atoms with Crippen molar-refractivity contribution in [3.63, 3.8) is 0 Å². The predicted octanol–water partition coefficient (Wildman–Crippen LogP) is 8.28. The zero-order valence-electron chi connectivity index (χ0n) is 24.3. The Bertz CT molecular complexity index is 1290. The van der Waals surface area contributed by atoms with Crippen LogP contribution in [-0.4, -0.2) is 36.2 Å². The molecule has 0 radical (unpaired) electrons. The van der Waals surface area contributed by atoms with Crippen molar-refractivity contribution >= 4 is 17.9 Å². The van der Waals surface area contributed by atoms with Crippen LogP contribution in [-0.2, 0) is 9.53 Å². The Hall–Kier alpha value is -4.39. The molecule has 0 aliphatic rings. The number of carboxylic acids is 1. The lowest BCUT2D eigenvalue weighted by Crippen LogP contribution is -2.07. The van der Waals surface area contributed by atoms with Crippen LogP contribution in [0.5, 0.6) is 11.5 Å². The van der Waals surface area contributed by atoms with Gasteiger partial charge in [0.15, 0.2) is 0 Å². The van der Waals surface area contributed by atoms with E-state index in [1.807, 2.05) is 24.3 Å². The van der Waals surface area contributed by atoms with Crippen molar-refractivity contribution < 1.29 is 33.7 Å². The zero-order valence-corrected chi connectivity index (χ0v) is 24.3. The van der Waals surface area contributed by atoms with Gasteiger partial charge in [-0.3, -0.25) is 0 Å². The van der Waals surface area contributed by atoms with Crippen molar-refractivity contribution in [3.8, 4) is 22.6 Å². The van der Waals surface area contributed by atoms with Gasteiger partial charge in [0.25, 0.3) is 0 Å². The minimum absolute atomic E-state index is 0.261. The molecule has 3 rings (SSSR count). The molecule has 0 aromatic heterocycles. The Kier molecular flexibility index (Phi) is 13.3. The van der Waals surface area contributed by atoms with Crippen LogP contribution in [0.25, 0.3) is 11.1 Å². The maximum Gasteiger partial charge on any atom is 0.338 e. The van der Waals surface area contributed by atoms with Crippen LogP contribution in [0.15, 0.2) is 84.9 Å². The lowest BCUT2D eigenvalue weighted by atomic mass is 10.0. The van der Waals surface area contributed by atoms with Crippen molar-refractivity contribution in [2.45, 2.75) is 64.7 Å². The largest absolute Gasteiger partial charge is 0.494 e. The molecule has 1 N–H and O–H groups in total. The first-order valence-electron chi connectivity index (χ1n) is 14.5. The van der Waals surface area contributed by atoms with E-state index < -0.39 is 11.9 Å². The van der Waals surface area contributed by atoms with E-state index in [2.05, 4.69) is 6.58 Å². The van der Waals surface area contributed by atoms with Gasteiger partial charge in [0, 0.05) is 5.57 Å². The number of carbonyl (C=O) groups is 3. The second-order valence-corrected chi connectivity index (χ2v) is 10.3. The minimum atomic E-state index is -0.935. The van der Waals surface area contributed by atoms with Crippen LogP contribution >= 0.6 is 0 Å². The molecule has 0 atom stereocenters. The number of carbonyl (C=O) groups excluding carboxylic acids is 2. The molecule has 0 heterocycles. The van der Waals surface area contributed by atoms with Gasteiger partial charge >= 0.3 is 17.9 Å². The van der Waals surface area contributed by atoms with E-state index in [4.69, 9.17) is 19.3 Å². The van der Waals surface area contributed by atoms with E-state index in [9.17, 15) is 14.4 Å². The summed E-state index contributed by atoms with van der Waals surface area (Å²) in [4.78, 5) is 34.9. The molecule has 3 aromatic carbocycles. The maximum atomic E-state index is 12.4. The molecule has 0 amide bonds. The van der Waals surface area contributed by atoms with Crippen molar-refractivity contribution in [2.24, 2.45) is 0 Å². The molecule has 0 fully saturated rings. The highest BCUT2D eigenvalue weighted by atomic mass is 16.5. The summed E-state index contributed by atoms with van der Waals surface area (Å²) < 4.78 is 16.3. The average molecular weight is 573 g/mol. The SMILES string of the molecule is C=C(C)C(=O)Oc1ccc(-c2ccc(C(=O)OCCCCCCCCCCCOc3ccc(C(=O)O)cc3)cc2)cc1. The smallest absolute Gasteiger partial charge is 0.338 e. The summed E-state index contributed by atoms with van der Waals surface area (Å²) >= 11 is 0. The molecular formula is C35H40O7. The highest BCUT2D eigenvalue weighted by molar-refractivity contribution is 5.90. The first kappa shape index (κ1) is 32.1. The maximum absolute atomic E-state index is 12.4. The molecule has 0 bridgehead atoms. The monoisotopic (exact) mass is 572 g/mol. The van der Waals surface area contributed by atoms with Gasteiger partial charge in [0.05, 0.1) is 24.3 Å². The van der Waals surface area contributed by atoms with Crippen molar-refractivity contribution in [2.75, 3.05) is 13.2 Å². The van der Waals surface area contributed by atoms with Crippen LogP contribution in [0.4, 0.5) is 0 Å². The lowest BCUT2D eigenvalue weighted by molar-refractivity contribution is -0.130. The summed E-state index contributed by atoms with van der Waals surface area (Å²) in [5.41, 5.74) is 3.02. The van der Waals surface area contributed by atoms with Crippen LogP contribution in [0, 0.1) is 0 Å². The van der Waals surface area contributed by atoms with E-state index >= 15 is 0 Å². The predicted molar refractivity (Wildman–Crippen MR) is 163 cm³/mol. The molecule has 0 aliphatic heterocycles. The molecule has 42 heavy (non-hydrogen) atoms. The summed E-state index contributed by atoms with van der Waals surface area (Å²) in [7, 11) is 0. The lowest BCUT2D eigenvalue weighted by Gasteiger charge is -2.08. The molecule has 0 aliphatic carbocycles. The number of hydrogen-bond acceptors (Lipinski definition) is 6. The Morgan fingerprint density at radius 2 is 1.07 bits per heavy atom. The van der Waals surface area contributed by atoms with Crippen LogP contribution in [0.1, 0.15) is 85.4 Å². The molecule has 0 spiro atoms. The Morgan fingerprint density at radius 3 is 1.60 bits per heavy atom. The molecule has 7 heteroatoms. The number of benzene rings is 3. The van der Waals surface area contributed by atoms with E-state index in [-0.39, 0.29) is 11.5 Å². The topological polar surface area (TPSA) is 99.1 Å². The quantitative estimate of drug-likeness (QED) is 0.0708. The zero-order chi connectivity index (χ0) is 30.2. The highest BCUT2D eigenvalue weighted by Crippen LogP contribution is 2.23. The summed E-state index contributed by atoms with van der Waals surface area (Å²) in [6.45, 7) is 6.24. The fourth-order valence-electron chi connectivity index (χ4n) is 4.28. The van der Waals surface area contributed by atoms with Gasteiger partial charge in [-0.05, 0) is 79.4 Å². The van der Waals surface area contributed by atoms with E-state index in [0.717, 1.165) is 43.2 Å². The third-order valence-electron chi connectivity index (χ3n) is 6.76. The minimum Gasteiger partial charge on any atom is -0.494 e. The molecule has 7 nitrogen and oxygen atoms in total. The van der Waals surface area contributed by atoms with Crippen molar-refractivity contribution in [1.29, 1.82) is 0 Å². The molecule has 0 saturated heterocycles. The number of unbranched alkanes of at least 4 members (excludes halogenated alkanes) is 8. The first-order chi connectivity index (χ1) is 20.3. The Labute approximate surface area is 248 Å². The fraction of sp³-hybridized carbons (Fsp3) is 0.343. The first-order valence-corrected chi connectivity index (χ1v) is 14.5. The third kappa shape index (κ3) is 11.2. The summed E-state index contributed by atoms with van der Waals surface area (Å²) in [5.74, 6) is -0.551. The third-order valence-corrected chi connectivity index (χ3v) is 6.76. The molecule has 0 unspecified atom stereocenters. The number of hydrogen-bond donors (Lipinski definition) is 1. The number of carboxylic acid groups (broad SMARTS) is 1. The van der Waals surface area contributed by atoms with E-state index in [0.29, 0.717) is 35.8 Å². The molecule has 3 aromatic rings. The van der Waals surface area contributed by atoms with Gasteiger partial charge in [-0.2, -0.15) is 0 Å². The number of rotatable bonds is 18. The fourth-order valence-corrected chi connectivity index (χ4v) is 4.28. The molecule has 0 saturated carbocycles. The summed E-state index contributed by atoms with van der Waals surface area (Å²) in [5, 5.41) is 8.92. The van der Waals surface area contributed by atoms with E-state index in [1.165, 1.54) is 25.7 Å². The summed E-state index contributed by atoms with van der Waals surface area (Å²) in [6.07, 6.45) is 9.88. The van der Waals surface area contributed by atoms with Gasteiger partial charge in [-0.1, -0.05) is 75.8 Å². The van der Waals surface area contributed by atoms with Crippen molar-refractivity contribution in [3.05, 3.63) is 96.1 Å². The second-order valence-electron chi connectivity index (χ2n) is 10.3. The summed E-state index contributed by atoms with van der Waals surface area (Å²) in [6, 6.07) is 20.9. The van der Waals surface area contributed by atoms with E-state index in [1.54, 1.807) is 55.5 Å². The second kappa shape index (κ2) is 17.4. The average Bonchev–Trinajstić information content (AvgIpc) is 3.00. The Morgan fingerprint density at radius 1 is 0.619 bits per heavy atom. The van der Waals surface area contributed by atoms with Crippen molar-refractivity contribution in [1.82, 2.24) is 0 Å². The standard InChI is InChI=1S/C35H40O7/c1-26(2)34(38)42-32-22-16-28(17-23-32)27-12-14-30(15-13-27)35(39)41-25-11-9-7-5-3-4-6-8-10-24-40-31-20-18-29(19-21-31)33(36)37/h12-23H,1,3-11,24-25H2,2H3,(H,36,37). The number of esters is 2. The Balaban J connectivity index is 1.19. The van der Waals surface area contributed by atoms with Gasteiger partial charge in [0.1, 0.15) is 11.5 Å². The van der Waals surface area contributed by atoms with Gasteiger partial charge in [-0.15, -0.1) is 0 Å². The van der Waals surface area contributed by atoms with Crippen LogP contribution < -0.4 is 9.47 Å².